The number of aromatic nitrogens is 3. The van der Waals surface area contributed by atoms with Crippen LogP contribution >= 0.6 is 34.7 Å². The van der Waals surface area contributed by atoms with Gasteiger partial charge in [-0.05, 0) is 18.6 Å². The summed E-state index contributed by atoms with van der Waals surface area (Å²) in [6.45, 7) is 2.24. The Labute approximate surface area is 198 Å². The van der Waals surface area contributed by atoms with Gasteiger partial charge in [0.2, 0.25) is 5.91 Å². The van der Waals surface area contributed by atoms with E-state index in [2.05, 4.69) is 20.3 Å². The SMILES string of the molecule is Cc1nc(-c2ccccc2)sc1-c1cc(=O)[nH]c(SCC(=O)NCc2ccccc2Cl)n1. The highest BCUT2D eigenvalue weighted by molar-refractivity contribution is 7.99. The van der Waals surface area contributed by atoms with E-state index in [0.29, 0.717) is 22.4 Å². The van der Waals surface area contributed by atoms with E-state index in [1.165, 1.54) is 29.2 Å². The first kappa shape index (κ1) is 22.3. The first-order chi connectivity index (χ1) is 15.5. The van der Waals surface area contributed by atoms with E-state index in [-0.39, 0.29) is 17.2 Å². The quantitative estimate of drug-likeness (QED) is 0.288. The van der Waals surface area contributed by atoms with Crippen molar-refractivity contribution in [1.82, 2.24) is 20.3 Å². The van der Waals surface area contributed by atoms with Gasteiger partial charge in [-0.3, -0.25) is 9.59 Å². The molecule has 32 heavy (non-hydrogen) atoms. The molecule has 0 aliphatic heterocycles. The summed E-state index contributed by atoms with van der Waals surface area (Å²) in [5.74, 6) is -0.0587. The summed E-state index contributed by atoms with van der Waals surface area (Å²) in [6.07, 6.45) is 0. The van der Waals surface area contributed by atoms with Crippen molar-refractivity contribution in [2.75, 3.05) is 5.75 Å². The molecule has 6 nitrogen and oxygen atoms in total. The lowest BCUT2D eigenvalue weighted by Crippen LogP contribution is -2.25. The van der Waals surface area contributed by atoms with Crippen LogP contribution in [0, 0.1) is 6.92 Å². The minimum absolute atomic E-state index is 0.119. The van der Waals surface area contributed by atoms with E-state index in [1.54, 1.807) is 6.07 Å². The highest BCUT2D eigenvalue weighted by Gasteiger charge is 2.15. The summed E-state index contributed by atoms with van der Waals surface area (Å²) in [7, 11) is 0. The molecule has 4 aromatic rings. The maximum atomic E-state index is 12.3. The molecule has 0 aliphatic rings. The fraction of sp³-hybridized carbons (Fsp3) is 0.130. The second-order valence-corrected chi connectivity index (χ2v) is 9.26. The lowest BCUT2D eigenvalue weighted by Gasteiger charge is -2.07. The van der Waals surface area contributed by atoms with E-state index >= 15 is 0 Å². The normalized spacial score (nSPS) is 10.8. The number of rotatable bonds is 7. The number of carbonyl (C=O) groups is 1. The van der Waals surface area contributed by atoms with Gasteiger partial charge in [-0.25, -0.2) is 9.97 Å². The molecule has 2 aromatic carbocycles. The molecule has 2 heterocycles. The molecule has 1 amide bonds. The third-order valence-electron chi connectivity index (χ3n) is 4.54. The van der Waals surface area contributed by atoms with Gasteiger partial charge >= 0.3 is 0 Å². The number of carbonyl (C=O) groups excluding carboxylic acids is 1. The molecular weight excluding hydrogens is 464 g/mol. The molecule has 0 saturated carbocycles. The molecule has 0 spiro atoms. The average molecular weight is 483 g/mol. The third-order valence-corrected chi connectivity index (χ3v) is 7.01. The number of benzene rings is 2. The second-order valence-electron chi connectivity index (χ2n) is 6.89. The van der Waals surface area contributed by atoms with E-state index in [9.17, 15) is 9.59 Å². The van der Waals surface area contributed by atoms with E-state index in [4.69, 9.17) is 11.6 Å². The van der Waals surface area contributed by atoms with Crippen molar-refractivity contribution >= 4 is 40.6 Å². The predicted octanol–water partition coefficient (Wildman–Crippen LogP) is 4.93. The van der Waals surface area contributed by atoms with Gasteiger partial charge in [0.05, 0.1) is 22.0 Å². The molecule has 0 atom stereocenters. The monoisotopic (exact) mass is 482 g/mol. The van der Waals surface area contributed by atoms with Crippen LogP contribution < -0.4 is 10.9 Å². The number of hydrogen-bond acceptors (Lipinski definition) is 6. The highest BCUT2D eigenvalue weighted by Crippen LogP contribution is 2.34. The Hall–Kier alpha value is -2.94. The van der Waals surface area contributed by atoms with Gasteiger partial charge in [-0.15, -0.1) is 11.3 Å². The highest BCUT2D eigenvalue weighted by atomic mass is 35.5. The zero-order valence-electron chi connectivity index (χ0n) is 17.1. The van der Waals surface area contributed by atoms with Gasteiger partial charge in [-0.1, -0.05) is 71.9 Å². The summed E-state index contributed by atoms with van der Waals surface area (Å²) < 4.78 is 0. The molecule has 9 heteroatoms. The second kappa shape index (κ2) is 10.1. The smallest absolute Gasteiger partial charge is 0.252 e. The van der Waals surface area contributed by atoms with Gasteiger partial charge in [0, 0.05) is 23.2 Å². The molecule has 0 unspecified atom stereocenters. The van der Waals surface area contributed by atoms with Crippen LogP contribution in [0.1, 0.15) is 11.3 Å². The minimum Gasteiger partial charge on any atom is -0.351 e. The molecule has 2 aromatic heterocycles. The first-order valence-corrected chi connectivity index (χ1v) is 11.9. The number of halogens is 1. The van der Waals surface area contributed by atoms with Crippen LogP contribution in [0.3, 0.4) is 0 Å². The standard InChI is InChI=1S/C23H19ClN4O2S2/c1-14-21(32-22(26-14)15-7-3-2-4-8-15)18-11-19(29)28-23(27-18)31-13-20(30)25-12-16-9-5-6-10-17(16)24/h2-11H,12-13H2,1H3,(H,25,30)(H,27,28,29). The van der Waals surface area contributed by atoms with Gasteiger partial charge in [-0.2, -0.15) is 0 Å². The van der Waals surface area contributed by atoms with Crippen molar-refractivity contribution in [2.45, 2.75) is 18.6 Å². The Balaban J connectivity index is 1.45. The maximum absolute atomic E-state index is 12.3. The number of nitrogens with zero attached hydrogens (tertiary/aromatic N) is 2. The fourth-order valence-corrected chi connectivity index (χ4v) is 4.92. The van der Waals surface area contributed by atoms with Crippen molar-refractivity contribution in [1.29, 1.82) is 0 Å². The predicted molar refractivity (Wildman–Crippen MR) is 130 cm³/mol. The summed E-state index contributed by atoms with van der Waals surface area (Å²) in [5.41, 5.74) is 2.94. The Morgan fingerprint density at radius 1 is 1.12 bits per heavy atom. The van der Waals surface area contributed by atoms with Crippen molar-refractivity contribution in [3.8, 4) is 21.1 Å². The fourth-order valence-electron chi connectivity index (χ4n) is 2.98. The number of H-pyrrole nitrogens is 1. The minimum atomic E-state index is -0.275. The molecule has 0 bridgehead atoms. The van der Waals surface area contributed by atoms with E-state index in [0.717, 1.165) is 26.7 Å². The number of thioether (sulfide) groups is 1. The van der Waals surface area contributed by atoms with Crippen molar-refractivity contribution in [3.05, 3.63) is 87.3 Å². The number of aryl methyl sites for hydroxylation is 1. The van der Waals surface area contributed by atoms with Crippen molar-refractivity contribution in [2.24, 2.45) is 0 Å². The zero-order chi connectivity index (χ0) is 22.5. The summed E-state index contributed by atoms with van der Waals surface area (Å²) in [6, 6.07) is 18.7. The molecule has 0 saturated heterocycles. The summed E-state index contributed by atoms with van der Waals surface area (Å²) >= 11 is 8.78. The van der Waals surface area contributed by atoms with E-state index in [1.807, 2.05) is 55.5 Å². The topological polar surface area (TPSA) is 87.7 Å². The molecule has 0 fully saturated rings. The first-order valence-electron chi connectivity index (χ1n) is 9.77. The molecule has 4 rings (SSSR count). The van der Waals surface area contributed by atoms with Crippen molar-refractivity contribution < 1.29 is 4.79 Å². The van der Waals surface area contributed by atoms with Crippen LogP contribution in [0.15, 0.2) is 70.6 Å². The average Bonchev–Trinajstić information content (AvgIpc) is 3.19. The largest absolute Gasteiger partial charge is 0.351 e. The Kier molecular flexibility index (Phi) is 7.04. The van der Waals surface area contributed by atoms with Crippen LogP contribution in [0.5, 0.6) is 0 Å². The van der Waals surface area contributed by atoms with Crippen molar-refractivity contribution in [3.63, 3.8) is 0 Å². The maximum Gasteiger partial charge on any atom is 0.252 e. The number of hydrogen-bond donors (Lipinski definition) is 2. The lowest BCUT2D eigenvalue weighted by molar-refractivity contribution is -0.118. The van der Waals surface area contributed by atoms with Crippen LogP contribution in [-0.2, 0) is 11.3 Å². The molecule has 0 radical (unpaired) electrons. The molecule has 2 N–H and O–H groups in total. The molecule has 0 aliphatic carbocycles. The van der Waals surface area contributed by atoms with Crippen LogP contribution in [0.4, 0.5) is 0 Å². The zero-order valence-corrected chi connectivity index (χ0v) is 19.5. The number of nitrogens with one attached hydrogen (secondary N) is 2. The lowest BCUT2D eigenvalue weighted by atomic mass is 10.2. The van der Waals surface area contributed by atoms with Crippen LogP contribution in [-0.4, -0.2) is 26.6 Å². The van der Waals surface area contributed by atoms with Gasteiger partial charge < -0.3 is 10.3 Å². The molecule has 162 valence electrons. The number of thiazole rings is 1. The van der Waals surface area contributed by atoms with Gasteiger partial charge in [0.15, 0.2) is 5.16 Å². The van der Waals surface area contributed by atoms with Crippen LogP contribution in [0.25, 0.3) is 21.1 Å². The summed E-state index contributed by atoms with van der Waals surface area (Å²) in [4.78, 5) is 37.2. The third kappa shape index (κ3) is 5.45. The Morgan fingerprint density at radius 2 is 1.88 bits per heavy atom. The number of amides is 1. The Bertz CT molecular complexity index is 1300. The molecular formula is C23H19ClN4O2S2. The Morgan fingerprint density at radius 3 is 2.66 bits per heavy atom. The summed E-state index contributed by atoms with van der Waals surface area (Å²) in [5, 5.41) is 4.69. The van der Waals surface area contributed by atoms with Crippen LogP contribution in [0.2, 0.25) is 5.02 Å². The number of aromatic amines is 1. The van der Waals surface area contributed by atoms with Gasteiger partial charge in [0.1, 0.15) is 5.01 Å². The van der Waals surface area contributed by atoms with Gasteiger partial charge in [0.25, 0.3) is 5.56 Å². The van der Waals surface area contributed by atoms with E-state index < -0.39 is 0 Å².